The molecule has 12 heavy (non-hydrogen) atoms. The van der Waals surface area contributed by atoms with Gasteiger partial charge < -0.3 is 10.2 Å². The molecule has 2 heterocycles. The van der Waals surface area contributed by atoms with Crippen molar-refractivity contribution in [2.45, 2.75) is 0 Å². The fraction of sp³-hybridized carbons (Fsp3) is 0.143. The van der Waals surface area contributed by atoms with Gasteiger partial charge in [0.15, 0.2) is 0 Å². The van der Waals surface area contributed by atoms with Gasteiger partial charge in [-0.25, -0.2) is 4.79 Å². The minimum atomic E-state index is -1.08. The molecule has 2 aliphatic rings. The van der Waals surface area contributed by atoms with Gasteiger partial charge in [-0.15, -0.1) is 0 Å². The smallest absolute Gasteiger partial charge is 0.412 e. The van der Waals surface area contributed by atoms with Crippen molar-refractivity contribution in [3.63, 3.8) is 0 Å². The Balaban J connectivity index is 2.38. The van der Waals surface area contributed by atoms with E-state index in [1.807, 2.05) is 0 Å². The summed E-state index contributed by atoms with van der Waals surface area (Å²) in [4.78, 5) is 15.5. The molecule has 0 aromatic rings. The Morgan fingerprint density at radius 2 is 2.42 bits per heavy atom. The first-order chi connectivity index (χ1) is 5.70. The molecule has 0 unspecified atom stereocenters. The summed E-state index contributed by atoms with van der Waals surface area (Å²) >= 11 is 0. The molecule has 0 saturated heterocycles. The molecule has 0 fully saturated rings. The SMILES string of the molecule is O=C(O)N1CC(O)=C2N=CC=C21. The molecule has 0 spiro atoms. The zero-order chi connectivity index (χ0) is 8.72. The molecule has 1 amide bonds. The van der Waals surface area contributed by atoms with Gasteiger partial charge in [-0.05, 0) is 6.08 Å². The lowest BCUT2D eigenvalue weighted by Gasteiger charge is -2.11. The van der Waals surface area contributed by atoms with Crippen molar-refractivity contribution in [2.75, 3.05) is 6.54 Å². The molecular weight excluding hydrogens is 160 g/mol. The highest BCUT2D eigenvalue weighted by Crippen LogP contribution is 2.29. The number of hydrogen-bond donors (Lipinski definition) is 2. The van der Waals surface area contributed by atoms with E-state index in [1.54, 1.807) is 6.08 Å². The number of carbonyl (C=O) groups is 1. The van der Waals surface area contributed by atoms with Gasteiger partial charge in [0.05, 0.1) is 12.2 Å². The number of amides is 1. The first-order valence-corrected chi connectivity index (χ1v) is 3.37. The lowest BCUT2D eigenvalue weighted by molar-refractivity contribution is 0.162. The molecule has 2 N–H and O–H groups in total. The van der Waals surface area contributed by atoms with Crippen molar-refractivity contribution in [3.05, 3.63) is 23.2 Å². The number of allylic oxidation sites excluding steroid dienone is 1. The number of fused-ring (bicyclic) bond motifs is 1. The van der Waals surface area contributed by atoms with Gasteiger partial charge in [0, 0.05) is 6.21 Å². The Labute approximate surface area is 67.9 Å². The second-order valence-electron chi connectivity index (χ2n) is 2.49. The molecule has 0 saturated carbocycles. The van der Waals surface area contributed by atoms with Gasteiger partial charge in [0.25, 0.3) is 0 Å². The molecule has 0 aromatic heterocycles. The third-order valence-electron chi connectivity index (χ3n) is 1.78. The number of hydrogen-bond acceptors (Lipinski definition) is 3. The molecule has 0 radical (unpaired) electrons. The number of aliphatic hydroxyl groups is 1. The zero-order valence-corrected chi connectivity index (χ0v) is 6.06. The Morgan fingerprint density at radius 3 is 3.08 bits per heavy atom. The van der Waals surface area contributed by atoms with E-state index in [2.05, 4.69) is 4.99 Å². The van der Waals surface area contributed by atoms with Crippen LogP contribution in [0.3, 0.4) is 0 Å². The normalized spacial score (nSPS) is 20.0. The van der Waals surface area contributed by atoms with Crippen molar-refractivity contribution in [1.29, 1.82) is 0 Å². The van der Waals surface area contributed by atoms with E-state index in [1.165, 1.54) is 6.21 Å². The van der Waals surface area contributed by atoms with Crippen LogP contribution in [0.25, 0.3) is 0 Å². The third-order valence-corrected chi connectivity index (χ3v) is 1.78. The third kappa shape index (κ3) is 0.730. The number of rotatable bonds is 0. The number of aliphatic imine (C=N–C) groups is 1. The standard InChI is InChI=1S/C7H6N2O3/c10-5-3-9(7(11)12)4-1-2-8-6(4)5/h1-2,10H,3H2,(H,11,12). The van der Waals surface area contributed by atoms with E-state index in [-0.39, 0.29) is 12.3 Å². The fourth-order valence-electron chi connectivity index (χ4n) is 1.25. The second kappa shape index (κ2) is 2.10. The monoisotopic (exact) mass is 166 g/mol. The van der Waals surface area contributed by atoms with Crippen LogP contribution in [0.2, 0.25) is 0 Å². The van der Waals surface area contributed by atoms with Gasteiger partial charge >= 0.3 is 6.09 Å². The highest BCUT2D eigenvalue weighted by molar-refractivity contribution is 5.84. The van der Waals surface area contributed by atoms with Crippen molar-refractivity contribution in [1.82, 2.24) is 4.90 Å². The Hall–Kier alpha value is -1.78. The van der Waals surface area contributed by atoms with E-state index >= 15 is 0 Å². The van der Waals surface area contributed by atoms with Gasteiger partial charge in [-0.1, -0.05) is 0 Å². The maximum Gasteiger partial charge on any atom is 0.412 e. The van der Waals surface area contributed by atoms with Crippen LogP contribution in [0.5, 0.6) is 0 Å². The lowest BCUT2D eigenvalue weighted by atomic mass is 10.3. The van der Waals surface area contributed by atoms with E-state index in [0.717, 1.165) is 4.90 Å². The Bertz CT molecular complexity index is 341. The molecule has 5 nitrogen and oxygen atoms in total. The quantitative estimate of drug-likeness (QED) is 0.556. The minimum absolute atomic E-state index is 0.00778. The summed E-state index contributed by atoms with van der Waals surface area (Å²) in [6.45, 7) is 0.00778. The number of nitrogens with zero attached hydrogens (tertiary/aromatic N) is 2. The van der Waals surface area contributed by atoms with Crippen molar-refractivity contribution >= 4 is 12.3 Å². The number of aliphatic hydroxyl groups excluding tert-OH is 1. The predicted octanol–water partition coefficient (Wildman–Crippen LogP) is 0.718. The van der Waals surface area contributed by atoms with Gasteiger partial charge in [0.1, 0.15) is 11.5 Å². The summed E-state index contributed by atoms with van der Waals surface area (Å²) in [6.07, 6.45) is 1.95. The van der Waals surface area contributed by atoms with E-state index < -0.39 is 6.09 Å². The highest BCUT2D eigenvalue weighted by atomic mass is 16.4. The maximum atomic E-state index is 10.6. The van der Waals surface area contributed by atoms with Crippen LogP contribution in [0.1, 0.15) is 0 Å². The number of carboxylic acid groups (broad SMARTS) is 1. The maximum absolute atomic E-state index is 10.6. The Morgan fingerprint density at radius 1 is 1.67 bits per heavy atom. The zero-order valence-electron chi connectivity index (χ0n) is 6.06. The van der Waals surface area contributed by atoms with Crippen LogP contribution in [0.4, 0.5) is 4.79 Å². The van der Waals surface area contributed by atoms with Crippen molar-refractivity contribution < 1.29 is 15.0 Å². The molecule has 0 bridgehead atoms. The van der Waals surface area contributed by atoms with Crippen LogP contribution >= 0.6 is 0 Å². The molecule has 0 aliphatic carbocycles. The highest BCUT2D eigenvalue weighted by Gasteiger charge is 2.32. The largest absolute Gasteiger partial charge is 0.508 e. The predicted molar refractivity (Wildman–Crippen MR) is 41.0 cm³/mol. The summed E-state index contributed by atoms with van der Waals surface area (Å²) in [5.74, 6) is 0.0115. The van der Waals surface area contributed by atoms with Gasteiger partial charge in [-0.2, -0.15) is 0 Å². The van der Waals surface area contributed by atoms with Crippen LogP contribution in [0.15, 0.2) is 28.2 Å². The summed E-state index contributed by atoms with van der Waals surface area (Å²) in [7, 11) is 0. The van der Waals surface area contributed by atoms with Crippen molar-refractivity contribution in [3.8, 4) is 0 Å². The Kier molecular flexibility index (Phi) is 1.21. The van der Waals surface area contributed by atoms with Crippen molar-refractivity contribution in [2.24, 2.45) is 4.99 Å². The summed E-state index contributed by atoms with van der Waals surface area (Å²) < 4.78 is 0. The first kappa shape index (κ1) is 6.90. The van der Waals surface area contributed by atoms with E-state index in [9.17, 15) is 9.90 Å². The molecule has 2 rings (SSSR count). The van der Waals surface area contributed by atoms with Crippen LogP contribution in [-0.2, 0) is 0 Å². The van der Waals surface area contributed by atoms with Crippen LogP contribution < -0.4 is 0 Å². The van der Waals surface area contributed by atoms with Crippen LogP contribution in [0, 0.1) is 0 Å². The minimum Gasteiger partial charge on any atom is -0.508 e. The van der Waals surface area contributed by atoms with E-state index in [4.69, 9.17) is 5.11 Å². The molecule has 0 aromatic carbocycles. The summed E-state index contributed by atoms with van der Waals surface area (Å²) in [5.41, 5.74) is 0.831. The average molecular weight is 166 g/mol. The fourth-order valence-corrected chi connectivity index (χ4v) is 1.25. The van der Waals surface area contributed by atoms with E-state index in [0.29, 0.717) is 11.4 Å². The molecular formula is C7H6N2O3. The average Bonchev–Trinajstić information content (AvgIpc) is 2.53. The van der Waals surface area contributed by atoms with Crippen LogP contribution in [-0.4, -0.2) is 34.0 Å². The second-order valence-corrected chi connectivity index (χ2v) is 2.49. The van der Waals surface area contributed by atoms with Gasteiger partial charge in [-0.3, -0.25) is 9.89 Å². The topological polar surface area (TPSA) is 73.1 Å². The van der Waals surface area contributed by atoms with Gasteiger partial charge in [0.2, 0.25) is 0 Å². The molecule has 5 heteroatoms. The molecule has 0 atom stereocenters. The first-order valence-electron chi connectivity index (χ1n) is 3.37. The summed E-state index contributed by atoms with van der Waals surface area (Å²) in [6, 6.07) is 0. The molecule has 62 valence electrons. The lowest BCUT2D eigenvalue weighted by Crippen LogP contribution is -2.25. The summed E-state index contributed by atoms with van der Waals surface area (Å²) in [5, 5.41) is 17.9. The molecule has 2 aliphatic heterocycles.